The number of hydrogen-bond acceptors (Lipinski definition) is 4. The zero-order chi connectivity index (χ0) is 15.0. The van der Waals surface area contributed by atoms with Gasteiger partial charge in [0.2, 0.25) is 15.0 Å². The summed E-state index contributed by atoms with van der Waals surface area (Å²) >= 11 is 0. The van der Waals surface area contributed by atoms with Gasteiger partial charge in [-0.25, -0.2) is 17.8 Å². The van der Waals surface area contributed by atoms with E-state index in [0.717, 1.165) is 0 Å². The van der Waals surface area contributed by atoms with E-state index in [1.807, 2.05) is 0 Å². The summed E-state index contributed by atoms with van der Waals surface area (Å²) in [6, 6.07) is 10.6. The number of aromatic amines is 1. The number of rotatable bonds is 3. The van der Waals surface area contributed by atoms with Crippen molar-refractivity contribution in [2.45, 2.75) is 10.9 Å². The van der Waals surface area contributed by atoms with Gasteiger partial charge in [0.15, 0.2) is 0 Å². The number of nitrogens with one attached hydrogen (secondary N) is 1. The summed E-state index contributed by atoms with van der Waals surface area (Å²) in [4.78, 5) is 6.74. The van der Waals surface area contributed by atoms with Crippen LogP contribution in [0.3, 0.4) is 0 Å². The van der Waals surface area contributed by atoms with Crippen LogP contribution in [0, 0.1) is 5.82 Å². The summed E-state index contributed by atoms with van der Waals surface area (Å²) in [7, 11) is -3.76. The molecule has 0 aliphatic rings. The molecular formula is C14H12FN3O2S. The third-order valence-corrected chi connectivity index (χ3v) is 4.56. The lowest BCUT2D eigenvalue weighted by atomic mass is 10.2. The first kappa shape index (κ1) is 13.6. The minimum atomic E-state index is -3.76. The Balaban J connectivity index is 2.02. The number of halogens is 1. The van der Waals surface area contributed by atoms with E-state index in [4.69, 9.17) is 5.73 Å². The summed E-state index contributed by atoms with van der Waals surface area (Å²) < 4.78 is 38.2. The van der Waals surface area contributed by atoms with Gasteiger partial charge in [0.25, 0.3) is 0 Å². The molecular weight excluding hydrogens is 293 g/mol. The van der Waals surface area contributed by atoms with Gasteiger partial charge in [-0.2, -0.15) is 0 Å². The highest BCUT2D eigenvalue weighted by atomic mass is 32.2. The summed E-state index contributed by atoms with van der Waals surface area (Å²) in [5.74, 6) is -1.00. The van der Waals surface area contributed by atoms with E-state index in [9.17, 15) is 12.8 Å². The van der Waals surface area contributed by atoms with E-state index >= 15 is 0 Å². The Morgan fingerprint density at radius 3 is 2.71 bits per heavy atom. The minimum absolute atomic E-state index is 0.109. The number of nitrogen functional groups attached to an aromatic ring is 1. The minimum Gasteiger partial charge on any atom is -0.399 e. The second-order valence-electron chi connectivity index (χ2n) is 4.67. The Morgan fingerprint density at radius 2 is 1.95 bits per heavy atom. The van der Waals surface area contributed by atoms with Gasteiger partial charge in [-0.05, 0) is 24.3 Å². The van der Waals surface area contributed by atoms with Crippen molar-refractivity contribution in [1.82, 2.24) is 9.97 Å². The molecule has 3 rings (SSSR count). The molecule has 0 aliphatic carbocycles. The highest BCUT2D eigenvalue weighted by Gasteiger charge is 2.21. The first-order valence-corrected chi connectivity index (χ1v) is 7.82. The average molecular weight is 305 g/mol. The lowest BCUT2D eigenvalue weighted by molar-refractivity contribution is 0.581. The molecule has 1 aromatic heterocycles. The van der Waals surface area contributed by atoms with Crippen LogP contribution in [0.4, 0.5) is 10.1 Å². The molecule has 3 N–H and O–H groups in total. The third-order valence-electron chi connectivity index (χ3n) is 3.08. The molecule has 0 fully saturated rings. The number of hydrogen-bond donors (Lipinski definition) is 2. The number of H-pyrrole nitrogens is 1. The molecule has 0 radical (unpaired) electrons. The molecule has 0 spiro atoms. The number of fused-ring (bicyclic) bond motifs is 1. The zero-order valence-electron chi connectivity index (χ0n) is 10.9. The molecule has 0 atom stereocenters. The van der Waals surface area contributed by atoms with Gasteiger partial charge in [-0.3, -0.25) is 0 Å². The highest BCUT2D eigenvalue weighted by molar-refractivity contribution is 7.90. The van der Waals surface area contributed by atoms with Crippen molar-refractivity contribution < 1.29 is 12.8 Å². The quantitative estimate of drug-likeness (QED) is 0.726. The monoisotopic (exact) mass is 305 g/mol. The Labute approximate surface area is 120 Å². The van der Waals surface area contributed by atoms with Crippen molar-refractivity contribution in [3.8, 4) is 0 Å². The number of imidazole rings is 1. The maximum atomic E-state index is 13.6. The topological polar surface area (TPSA) is 88.8 Å². The normalized spacial score (nSPS) is 11.9. The molecule has 0 bridgehead atoms. The van der Waals surface area contributed by atoms with Crippen molar-refractivity contribution >= 4 is 26.6 Å². The Bertz CT molecular complexity index is 919. The molecule has 0 amide bonds. The molecule has 0 aliphatic heterocycles. The summed E-state index contributed by atoms with van der Waals surface area (Å²) in [6.45, 7) is 0. The van der Waals surface area contributed by atoms with E-state index in [-0.39, 0.29) is 10.7 Å². The number of anilines is 1. The Morgan fingerprint density at radius 1 is 1.19 bits per heavy atom. The van der Waals surface area contributed by atoms with Gasteiger partial charge in [0.1, 0.15) is 5.82 Å². The first-order chi connectivity index (χ1) is 9.95. The SMILES string of the molecule is Nc1ccc2nc(S(=O)(=O)Cc3ccccc3F)[nH]c2c1. The summed E-state index contributed by atoms with van der Waals surface area (Å²) in [5.41, 5.74) is 7.28. The van der Waals surface area contributed by atoms with Gasteiger partial charge < -0.3 is 10.7 Å². The van der Waals surface area contributed by atoms with Gasteiger partial charge in [-0.15, -0.1) is 0 Å². The molecule has 7 heteroatoms. The third kappa shape index (κ3) is 2.59. The van der Waals surface area contributed by atoms with Crippen molar-refractivity contribution in [2.24, 2.45) is 0 Å². The lowest BCUT2D eigenvalue weighted by Crippen LogP contribution is -2.08. The van der Waals surface area contributed by atoms with Gasteiger partial charge in [0, 0.05) is 11.3 Å². The molecule has 0 saturated carbocycles. The number of nitrogens with two attached hydrogens (primary N) is 1. The van der Waals surface area contributed by atoms with Gasteiger partial charge in [-0.1, -0.05) is 18.2 Å². The van der Waals surface area contributed by atoms with E-state index in [1.165, 1.54) is 18.2 Å². The van der Waals surface area contributed by atoms with Crippen LogP contribution in [0.15, 0.2) is 47.6 Å². The van der Waals surface area contributed by atoms with Crippen LogP contribution in [0.25, 0.3) is 11.0 Å². The molecule has 0 unspecified atom stereocenters. The predicted molar refractivity (Wildman–Crippen MR) is 77.8 cm³/mol. The zero-order valence-corrected chi connectivity index (χ0v) is 11.7. The van der Waals surface area contributed by atoms with Crippen LogP contribution in [-0.2, 0) is 15.6 Å². The molecule has 21 heavy (non-hydrogen) atoms. The maximum Gasteiger partial charge on any atom is 0.226 e. The Kier molecular flexibility index (Phi) is 3.13. The maximum absolute atomic E-state index is 13.6. The smallest absolute Gasteiger partial charge is 0.226 e. The lowest BCUT2D eigenvalue weighted by Gasteiger charge is -2.02. The average Bonchev–Trinajstić information content (AvgIpc) is 2.85. The van der Waals surface area contributed by atoms with Gasteiger partial charge in [0.05, 0.1) is 16.8 Å². The van der Waals surface area contributed by atoms with Crippen LogP contribution in [-0.4, -0.2) is 18.4 Å². The molecule has 108 valence electrons. The van der Waals surface area contributed by atoms with Crippen LogP contribution < -0.4 is 5.73 Å². The molecule has 0 saturated heterocycles. The van der Waals surface area contributed by atoms with Crippen molar-refractivity contribution in [1.29, 1.82) is 0 Å². The number of nitrogens with zero attached hydrogens (tertiary/aromatic N) is 1. The number of aromatic nitrogens is 2. The highest BCUT2D eigenvalue weighted by Crippen LogP contribution is 2.21. The van der Waals surface area contributed by atoms with E-state index < -0.39 is 21.4 Å². The van der Waals surface area contributed by atoms with Crippen LogP contribution >= 0.6 is 0 Å². The molecule has 1 heterocycles. The van der Waals surface area contributed by atoms with Gasteiger partial charge >= 0.3 is 0 Å². The fraction of sp³-hybridized carbons (Fsp3) is 0.0714. The largest absolute Gasteiger partial charge is 0.399 e. The second kappa shape index (κ2) is 4.85. The summed E-state index contributed by atoms with van der Waals surface area (Å²) in [6.07, 6.45) is 0. The number of sulfone groups is 1. The predicted octanol–water partition coefficient (Wildman–Crippen LogP) is 2.26. The number of benzene rings is 2. The van der Waals surface area contributed by atoms with E-state index in [1.54, 1.807) is 24.3 Å². The molecule has 2 aromatic carbocycles. The Hall–Kier alpha value is -2.41. The standard InChI is InChI=1S/C14H12FN3O2S/c15-11-4-2-1-3-9(11)8-21(19,20)14-17-12-6-5-10(16)7-13(12)18-14/h1-7H,8,16H2,(H,17,18). The van der Waals surface area contributed by atoms with Crippen LogP contribution in [0.5, 0.6) is 0 Å². The summed E-state index contributed by atoms with van der Waals surface area (Å²) in [5, 5.41) is -0.189. The fourth-order valence-electron chi connectivity index (χ4n) is 2.04. The fourth-order valence-corrected chi connectivity index (χ4v) is 3.32. The van der Waals surface area contributed by atoms with Crippen LogP contribution in [0.2, 0.25) is 0 Å². The molecule has 5 nitrogen and oxygen atoms in total. The van der Waals surface area contributed by atoms with E-state index in [2.05, 4.69) is 9.97 Å². The second-order valence-corrected chi connectivity index (χ2v) is 6.57. The van der Waals surface area contributed by atoms with Crippen LogP contribution in [0.1, 0.15) is 5.56 Å². The van der Waals surface area contributed by atoms with Crippen molar-refractivity contribution in [3.05, 3.63) is 53.8 Å². The first-order valence-electron chi connectivity index (χ1n) is 6.17. The van der Waals surface area contributed by atoms with Crippen molar-refractivity contribution in [2.75, 3.05) is 5.73 Å². The van der Waals surface area contributed by atoms with E-state index in [0.29, 0.717) is 16.7 Å². The molecule has 3 aromatic rings. The van der Waals surface area contributed by atoms with Crippen molar-refractivity contribution in [3.63, 3.8) is 0 Å².